The van der Waals surface area contributed by atoms with Gasteiger partial charge in [-0.1, -0.05) is 19.9 Å². The first-order valence-corrected chi connectivity index (χ1v) is 16.2. The Bertz CT molecular complexity index is 1920. The summed E-state index contributed by atoms with van der Waals surface area (Å²) < 4.78 is 60.9. The molecule has 0 aliphatic heterocycles. The SMILES string of the molecule is CCCOc1ccc(C(=O)Oc2ccc(C(=O)Oc3cccc(OC(=O)c4ccc(OC(=O)c5ccc(OCCC)cc5F)cc4)c3)cc2)c(F)c1. The standard InChI is InChI=1S/C40H32F2O10/c1-3-20-47-29-16-18-33(35(41)23-29)39(45)49-27-12-8-25(9-13-27)37(43)51-31-6-5-7-32(22-31)52-38(44)26-10-14-28(15-11-26)50-40(46)34-19-17-30(24-36(34)42)48-21-4-2/h5-19,22-24H,3-4,20-21H2,1-2H3. The molecule has 266 valence electrons. The Labute approximate surface area is 297 Å². The molecule has 0 radical (unpaired) electrons. The van der Waals surface area contributed by atoms with Crippen LogP contribution in [0.2, 0.25) is 0 Å². The molecule has 5 aromatic carbocycles. The van der Waals surface area contributed by atoms with Crippen LogP contribution in [0.1, 0.15) is 68.1 Å². The average Bonchev–Trinajstić information content (AvgIpc) is 3.13. The zero-order valence-electron chi connectivity index (χ0n) is 28.1. The van der Waals surface area contributed by atoms with E-state index in [-0.39, 0.29) is 45.3 Å². The number of rotatable bonds is 14. The van der Waals surface area contributed by atoms with E-state index in [1.165, 1.54) is 97.1 Å². The molecular weight excluding hydrogens is 678 g/mol. The fraction of sp³-hybridized carbons (Fsp3) is 0.150. The van der Waals surface area contributed by atoms with Gasteiger partial charge in [0.2, 0.25) is 0 Å². The van der Waals surface area contributed by atoms with Gasteiger partial charge < -0.3 is 28.4 Å². The van der Waals surface area contributed by atoms with Crippen LogP contribution in [0.25, 0.3) is 0 Å². The lowest BCUT2D eigenvalue weighted by atomic mass is 10.2. The highest BCUT2D eigenvalue weighted by Crippen LogP contribution is 2.25. The largest absolute Gasteiger partial charge is 0.494 e. The van der Waals surface area contributed by atoms with Crippen LogP contribution in [0, 0.1) is 11.6 Å². The summed E-state index contributed by atoms with van der Waals surface area (Å²) in [6, 6.07) is 24.4. The van der Waals surface area contributed by atoms with E-state index in [2.05, 4.69) is 0 Å². The molecule has 0 unspecified atom stereocenters. The van der Waals surface area contributed by atoms with Crippen LogP contribution in [0.4, 0.5) is 8.78 Å². The molecule has 0 saturated heterocycles. The summed E-state index contributed by atoms with van der Waals surface area (Å²) >= 11 is 0. The second-order valence-electron chi connectivity index (χ2n) is 11.1. The van der Waals surface area contributed by atoms with Crippen molar-refractivity contribution in [3.05, 3.63) is 143 Å². The van der Waals surface area contributed by atoms with Crippen molar-refractivity contribution in [3.63, 3.8) is 0 Å². The van der Waals surface area contributed by atoms with Crippen molar-refractivity contribution >= 4 is 23.9 Å². The molecule has 10 nitrogen and oxygen atoms in total. The number of carbonyl (C=O) groups is 4. The third-order valence-corrected chi connectivity index (χ3v) is 7.09. The van der Waals surface area contributed by atoms with Gasteiger partial charge >= 0.3 is 23.9 Å². The smallest absolute Gasteiger partial charge is 0.346 e. The predicted molar refractivity (Wildman–Crippen MR) is 184 cm³/mol. The molecule has 0 aliphatic rings. The Morgan fingerprint density at radius 3 is 1.17 bits per heavy atom. The highest BCUT2D eigenvalue weighted by molar-refractivity contribution is 5.94. The van der Waals surface area contributed by atoms with E-state index in [9.17, 15) is 28.0 Å². The molecule has 12 heteroatoms. The molecule has 5 aromatic rings. The van der Waals surface area contributed by atoms with E-state index in [0.717, 1.165) is 25.0 Å². The van der Waals surface area contributed by atoms with Crippen molar-refractivity contribution in [3.8, 4) is 34.5 Å². The normalized spacial score (nSPS) is 10.5. The summed E-state index contributed by atoms with van der Waals surface area (Å²) in [5.41, 5.74) is -0.320. The average molecular weight is 711 g/mol. The lowest BCUT2D eigenvalue weighted by molar-refractivity contribution is 0.0718. The number of hydrogen-bond acceptors (Lipinski definition) is 10. The van der Waals surface area contributed by atoms with Crippen LogP contribution < -0.4 is 28.4 Å². The van der Waals surface area contributed by atoms with Gasteiger partial charge in [-0.15, -0.1) is 0 Å². The van der Waals surface area contributed by atoms with E-state index in [4.69, 9.17) is 28.4 Å². The molecule has 0 saturated carbocycles. The van der Waals surface area contributed by atoms with Crippen molar-refractivity contribution in [2.24, 2.45) is 0 Å². The molecule has 0 N–H and O–H groups in total. The number of benzene rings is 5. The molecule has 0 spiro atoms. The second kappa shape index (κ2) is 17.4. The van der Waals surface area contributed by atoms with Crippen molar-refractivity contribution in [1.29, 1.82) is 0 Å². The summed E-state index contributed by atoms with van der Waals surface area (Å²) in [6.45, 7) is 4.65. The number of carbonyl (C=O) groups excluding carboxylic acids is 4. The molecule has 0 heterocycles. The van der Waals surface area contributed by atoms with E-state index in [1.807, 2.05) is 13.8 Å². The van der Waals surface area contributed by atoms with Crippen molar-refractivity contribution < 1.29 is 56.4 Å². The molecule has 0 bridgehead atoms. The predicted octanol–water partition coefficient (Wildman–Crippen LogP) is 8.42. The van der Waals surface area contributed by atoms with Gasteiger partial charge in [-0.05, 0) is 97.8 Å². The molecule has 0 atom stereocenters. The van der Waals surface area contributed by atoms with Crippen LogP contribution in [0.5, 0.6) is 34.5 Å². The summed E-state index contributed by atoms with van der Waals surface area (Å²) in [5, 5.41) is 0. The van der Waals surface area contributed by atoms with E-state index in [0.29, 0.717) is 24.7 Å². The van der Waals surface area contributed by atoms with Gasteiger partial charge in [-0.2, -0.15) is 0 Å². The first kappa shape index (κ1) is 36.7. The molecule has 5 rings (SSSR count). The lowest BCUT2D eigenvalue weighted by Crippen LogP contribution is -2.12. The van der Waals surface area contributed by atoms with Crippen LogP contribution in [0.3, 0.4) is 0 Å². The third-order valence-electron chi connectivity index (χ3n) is 7.09. The number of ether oxygens (including phenoxy) is 6. The Kier molecular flexibility index (Phi) is 12.3. The maximum atomic E-state index is 14.4. The fourth-order valence-corrected chi connectivity index (χ4v) is 4.52. The molecule has 52 heavy (non-hydrogen) atoms. The van der Waals surface area contributed by atoms with Crippen LogP contribution in [0.15, 0.2) is 109 Å². The summed E-state index contributed by atoms with van der Waals surface area (Å²) in [5.74, 6) is -4.04. The van der Waals surface area contributed by atoms with Crippen molar-refractivity contribution in [2.75, 3.05) is 13.2 Å². The van der Waals surface area contributed by atoms with E-state index < -0.39 is 35.5 Å². The number of halogens is 2. The fourth-order valence-electron chi connectivity index (χ4n) is 4.52. The Morgan fingerprint density at radius 2 is 0.808 bits per heavy atom. The van der Waals surface area contributed by atoms with E-state index in [1.54, 1.807) is 0 Å². The molecule has 0 amide bonds. The quantitative estimate of drug-likeness (QED) is 0.0820. The zero-order valence-corrected chi connectivity index (χ0v) is 28.1. The Balaban J connectivity index is 1.13. The van der Waals surface area contributed by atoms with Crippen LogP contribution in [-0.2, 0) is 0 Å². The molecule has 0 fully saturated rings. The van der Waals surface area contributed by atoms with Crippen molar-refractivity contribution in [2.45, 2.75) is 26.7 Å². The van der Waals surface area contributed by atoms with Gasteiger partial charge in [0.15, 0.2) is 0 Å². The Hall–Kier alpha value is -6.56. The number of esters is 4. The monoisotopic (exact) mass is 710 g/mol. The minimum absolute atomic E-state index is 0.0734. The zero-order chi connectivity index (χ0) is 37.0. The molecule has 0 aromatic heterocycles. The first-order valence-electron chi connectivity index (χ1n) is 16.2. The summed E-state index contributed by atoms with van der Waals surface area (Å²) in [7, 11) is 0. The molecular formula is C40H32F2O10. The summed E-state index contributed by atoms with van der Waals surface area (Å²) in [6.07, 6.45) is 1.49. The Morgan fingerprint density at radius 1 is 0.442 bits per heavy atom. The molecule has 0 aliphatic carbocycles. The van der Waals surface area contributed by atoms with Gasteiger partial charge in [0, 0.05) is 18.2 Å². The maximum Gasteiger partial charge on any atom is 0.346 e. The summed E-state index contributed by atoms with van der Waals surface area (Å²) in [4.78, 5) is 50.6. The van der Waals surface area contributed by atoms with Crippen molar-refractivity contribution in [1.82, 2.24) is 0 Å². The van der Waals surface area contributed by atoms with Gasteiger partial charge in [0.05, 0.1) is 35.5 Å². The van der Waals surface area contributed by atoms with Crippen LogP contribution in [-0.4, -0.2) is 37.1 Å². The van der Waals surface area contributed by atoms with Gasteiger partial charge in [0.25, 0.3) is 0 Å². The topological polar surface area (TPSA) is 124 Å². The third kappa shape index (κ3) is 9.78. The number of hydrogen-bond donors (Lipinski definition) is 0. The first-order chi connectivity index (χ1) is 25.1. The lowest BCUT2D eigenvalue weighted by Gasteiger charge is -2.10. The highest BCUT2D eigenvalue weighted by atomic mass is 19.1. The van der Waals surface area contributed by atoms with Crippen LogP contribution >= 0.6 is 0 Å². The second-order valence-corrected chi connectivity index (χ2v) is 11.1. The van der Waals surface area contributed by atoms with Gasteiger partial charge in [-0.3, -0.25) is 0 Å². The minimum atomic E-state index is -0.923. The minimum Gasteiger partial charge on any atom is -0.494 e. The van der Waals surface area contributed by atoms with Gasteiger partial charge in [-0.25, -0.2) is 28.0 Å². The van der Waals surface area contributed by atoms with E-state index >= 15 is 0 Å². The maximum absolute atomic E-state index is 14.4. The van der Waals surface area contributed by atoms with Gasteiger partial charge in [0.1, 0.15) is 46.1 Å². The highest BCUT2D eigenvalue weighted by Gasteiger charge is 2.18.